The van der Waals surface area contributed by atoms with Gasteiger partial charge in [0.05, 0.1) is 5.70 Å². The second-order valence-corrected chi connectivity index (χ2v) is 3.39. The minimum absolute atomic E-state index is 0.445. The predicted molar refractivity (Wildman–Crippen MR) is 61.2 cm³/mol. The highest BCUT2D eigenvalue weighted by atomic mass is 14.7. The largest absolute Gasteiger partial charge is 0.261 e. The summed E-state index contributed by atoms with van der Waals surface area (Å²) < 4.78 is 0. The molecule has 1 heteroatoms. The minimum Gasteiger partial charge on any atom is -0.261 e. The van der Waals surface area contributed by atoms with Gasteiger partial charge in [0.1, 0.15) is 0 Å². The summed E-state index contributed by atoms with van der Waals surface area (Å²) >= 11 is 0. The fraction of sp³-hybridized carbons (Fsp3) is 0.154. The summed E-state index contributed by atoms with van der Waals surface area (Å²) in [7, 11) is 0. The molecule has 1 aliphatic carbocycles. The molecule has 0 aromatic heterocycles. The molecule has 0 radical (unpaired) electrons. The Bertz CT molecular complexity index is 367. The van der Waals surface area contributed by atoms with E-state index in [1.807, 2.05) is 18.4 Å². The van der Waals surface area contributed by atoms with E-state index in [-0.39, 0.29) is 0 Å². The van der Waals surface area contributed by atoms with E-state index in [1.165, 1.54) is 0 Å². The highest BCUT2D eigenvalue weighted by Crippen LogP contribution is 2.25. The summed E-state index contributed by atoms with van der Waals surface area (Å²) in [6, 6.07) is 0. The molecule has 0 bridgehead atoms. The van der Waals surface area contributed by atoms with E-state index >= 15 is 0 Å². The molecule has 0 spiro atoms. The second kappa shape index (κ2) is 4.05. The van der Waals surface area contributed by atoms with Crippen molar-refractivity contribution in [2.24, 2.45) is 16.8 Å². The highest BCUT2D eigenvalue weighted by molar-refractivity contribution is 5.69. The Labute approximate surface area is 84.6 Å². The second-order valence-electron chi connectivity index (χ2n) is 3.39. The zero-order chi connectivity index (χ0) is 9.80. The first-order chi connectivity index (χ1) is 6.90. The van der Waals surface area contributed by atoms with Crippen LogP contribution < -0.4 is 0 Å². The monoisotopic (exact) mass is 183 g/mol. The fourth-order valence-electron chi connectivity index (χ4n) is 1.63. The van der Waals surface area contributed by atoms with Gasteiger partial charge in [-0.2, -0.15) is 0 Å². The van der Waals surface area contributed by atoms with E-state index in [0.717, 1.165) is 5.70 Å². The van der Waals surface area contributed by atoms with Crippen LogP contribution in [0.15, 0.2) is 65.9 Å². The average molecular weight is 183 g/mol. The van der Waals surface area contributed by atoms with Gasteiger partial charge in [0.2, 0.25) is 0 Å². The number of nitrogens with zero attached hydrogens (tertiary/aromatic N) is 1. The summed E-state index contributed by atoms with van der Waals surface area (Å²) in [6.45, 7) is 3.64. The topological polar surface area (TPSA) is 12.4 Å². The Morgan fingerprint density at radius 1 is 1.21 bits per heavy atom. The number of aliphatic imine (C=N–C) groups is 1. The van der Waals surface area contributed by atoms with Crippen molar-refractivity contribution in [2.45, 2.75) is 0 Å². The van der Waals surface area contributed by atoms with Crippen LogP contribution >= 0.6 is 0 Å². The number of fused-ring (bicyclic) bond motifs is 1. The lowest BCUT2D eigenvalue weighted by atomic mass is 9.87. The standard InChI is InChI=1S/C13H13N/c1-2-3-8-13-9-11-6-4-5-7-12(11)10-14-13/h2-12H,1H2/b8-3-. The van der Waals surface area contributed by atoms with Crippen LogP contribution in [0.3, 0.4) is 0 Å². The molecule has 0 saturated carbocycles. The van der Waals surface area contributed by atoms with Crippen molar-refractivity contribution in [3.8, 4) is 0 Å². The maximum absolute atomic E-state index is 4.37. The van der Waals surface area contributed by atoms with Crippen LogP contribution in [0.2, 0.25) is 0 Å². The van der Waals surface area contributed by atoms with Crippen molar-refractivity contribution < 1.29 is 0 Å². The molecule has 70 valence electrons. The normalized spacial score (nSPS) is 29.0. The van der Waals surface area contributed by atoms with E-state index in [4.69, 9.17) is 0 Å². The fourth-order valence-corrected chi connectivity index (χ4v) is 1.63. The van der Waals surface area contributed by atoms with Crippen molar-refractivity contribution in [3.63, 3.8) is 0 Å². The van der Waals surface area contributed by atoms with Gasteiger partial charge in [0.25, 0.3) is 0 Å². The first-order valence-corrected chi connectivity index (χ1v) is 4.80. The maximum atomic E-state index is 4.37. The molecule has 2 aliphatic rings. The number of rotatable bonds is 2. The van der Waals surface area contributed by atoms with Gasteiger partial charge in [-0.25, -0.2) is 0 Å². The van der Waals surface area contributed by atoms with Crippen molar-refractivity contribution in [3.05, 3.63) is 60.9 Å². The number of hydrogen-bond donors (Lipinski definition) is 0. The number of allylic oxidation sites excluding steroid dienone is 8. The predicted octanol–water partition coefficient (Wildman–Crippen LogP) is 3.06. The molecule has 0 N–H and O–H groups in total. The third-order valence-corrected chi connectivity index (χ3v) is 2.38. The molecule has 0 amide bonds. The van der Waals surface area contributed by atoms with Crippen LogP contribution in [0, 0.1) is 11.8 Å². The third kappa shape index (κ3) is 1.82. The molecule has 0 saturated heterocycles. The van der Waals surface area contributed by atoms with Crippen LogP contribution in [-0.2, 0) is 0 Å². The quantitative estimate of drug-likeness (QED) is 0.583. The summed E-state index contributed by atoms with van der Waals surface area (Å²) in [4.78, 5) is 4.37. The molecular weight excluding hydrogens is 170 g/mol. The lowest BCUT2D eigenvalue weighted by Gasteiger charge is -2.21. The molecular formula is C13H13N. The van der Waals surface area contributed by atoms with Gasteiger partial charge in [0.15, 0.2) is 0 Å². The molecule has 0 fully saturated rings. The zero-order valence-corrected chi connectivity index (χ0v) is 8.01. The molecule has 2 atom stereocenters. The Morgan fingerprint density at radius 2 is 2.00 bits per heavy atom. The Kier molecular flexibility index (Phi) is 2.59. The van der Waals surface area contributed by atoms with Gasteiger partial charge in [-0.05, 0) is 6.08 Å². The van der Waals surface area contributed by atoms with Crippen LogP contribution in [0.1, 0.15) is 0 Å². The van der Waals surface area contributed by atoms with Gasteiger partial charge in [-0.1, -0.05) is 49.1 Å². The van der Waals surface area contributed by atoms with E-state index < -0.39 is 0 Å². The van der Waals surface area contributed by atoms with Crippen LogP contribution in [0.4, 0.5) is 0 Å². The average Bonchev–Trinajstić information content (AvgIpc) is 2.26. The summed E-state index contributed by atoms with van der Waals surface area (Å²) in [6.07, 6.45) is 18.4. The van der Waals surface area contributed by atoms with Gasteiger partial charge >= 0.3 is 0 Å². The lowest BCUT2D eigenvalue weighted by molar-refractivity contribution is 0.698. The SMILES string of the molecule is C=C/C=C\C1=CC2C=CC=CC2C=N1. The van der Waals surface area contributed by atoms with Crippen LogP contribution in [0.5, 0.6) is 0 Å². The summed E-state index contributed by atoms with van der Waals surface area (Å²) in [5.41, 5.74) is 1.02. The minimum atomic E-state index is 0.445. The van der Waals surface area contributed by atoms with Gasteiger partial charge < -0.3 is 0 Å². The van der Waals surface area contributed by atoms with Crippen LogP contribution in [0.25, 0.3) is 0 Å². The molecule has 1 aliphatic heterocycles. The molecule has 2 rings (SSSR count). The van der Waals surface area contributed by atoms with Crippen molar-refractivity contribution in [1.82, 2.24) is 0 Å². The van der Waals surface area contributed by atoms with Gasteiger partial charge in [-0.15, -0.1) is 0 Å². The molecule has 0 aromatic rings. The molecule has 1 heterocycles. The lowest BCUT2D eigenvalue weighted by Crippen LogP contribution is -2.15. The Hall–Kier alpha value is -1.63. The number of hydrogen-bond acceptors (Lipinski definition) is 1. The first-order valence-electron chi connectivity index (χ1n) is 4.80. The summed E-state index contributed by atoms with van der Waals surface area (Å²) in [5, 5.41) is 0. The molecule has 2 unspecified atom stereocenters. The Balaban J connectivity index is 2.17. The summed E-state index contributed by atoms with van der Waals surface area (Å²) in [5.74, 6) is 0.919. The molecule has 14 heavy (non-hydrogen) atoms. The van der Waals surface area contributed by atoms with Crippen molar-refractivity contribution in [1.29, 1.82) is 0 Å². The zero-order valence-electron chi connectivity index (χ0n) is 8.01. The van der Waals surface area contributed by atoms with Crippen molar-refractivity contribution in [2.75, 3.05) is 0 Å². The molecule has 1 nitrogen and oxygen atoms in total. The van der Waals surface area contributed by atoms with E-state index in [9.17, 15) is 0 Å². The van der Waals surface area contributed by atoms with E-state index in [1.54, 1.807) is 6.08 Å². The Morgan fingerprint density at radius 3 is 2.79 bits per heavy atom. The van der Waals surface area contributed by atoms with E-state index in [0.29, 0.717) is 11.8 Å². The maximum Gasteiger partial charge on any atom is 0.0592 e. The molecule has 0 aromatic carbocycles. The third-order valence-electron chi connectivity index (χ3n) is 2.38. The highest BCUT2D eigenvalue weighted by Gasteiger charge is 2.17. The van der Waals surface area contributed by atoms with Crippen LogP contribution in [-0.4, -0.2) is 6.21 Å². The smallest absolute Gasteiger partial charge is 0.0592 e. The van der Waals surface area contributed by atoms with Gasteiger partial charge in [-0.3, -0.25) is 4.99 Å². The van der Waals surface area contributed by atoms with Gasteiger partial charge in [0, 0.05) is 18.1 Å². The first kappa shape index (κ1) is 8.95. The van der Waals surface area contributed by atoms with Crippen molar-refractivity contribution >= 4 is 6.21 Å². The van der Waals surface area contributed by atoms with E-state index in [2.05, 4.69) is 42.0 Å².